The third-order valence-electron chi connectivity index (χ3n) is 11.3. The molecule has 0 saturated carbocycles. The summed E-state index contributed by atoms with van der Waals surface area (Å²) in [5, 5.41) is 4.52. The Kier molecular flexibility index (Phi) is 20.5. The topological polar surface area (TPSA) is 60.5 Å². The monoisotopic (exact) mass is 1350 g/mol. The fourth-order valence-corrected chi connectivity index (χ4v) is 7.69. The van der Waals surface area contributed by atoms with Crippen LogP contribution in [0.25, 0.3) is 32.8 Å². The molecule has 12 nitrogen and oxygen atoms in total. The zero-order valence-electron chi connectivity index (χ0n) is 42.3. The van der Waals surface area contributed by atoms with Crippen molar-refractivity contribution in [2.75, 3.05) is 47.8 Å². The van der Waals surface area contributed by atoms with Gasteiger partial charge in [-0.25, -0.2) is 0 Å². The summed E-state index contributed by atoms with van der Waals surface area (Å²) in [7, 11) is 8.00. The van der Waals surface area contributed by atoms with Crippen molar-refractivity contribution in [1.29, 1.82) is 0 Å². The van der Waals surface area contributed by atoms with Gasteiger partial charge in [0.1, 0.15) is 0 Å². The van der Waals surface area contributed by atoms with E-state index in [0.717, 1.165) is 44.8 Å². The number of benzene rings is 6. The molecule has 4 aromatic heterocycles. The molecule has 390 valence electrons. The number of anilines is 4. The Morgan fingerprint density at radius 1 is 0.329 bits per heavy atom. The van der Waals surface area contributed by atoms with Gasteiger partial charge in [-0.05, 0) is 90.2 Å². The number of para-hydroxylation sites is 4. The maximum absolute atomic E-state index is 4.28. The molecule has 6 aromatic carbocycles. The van der Waals surface area contributed by atoms with Crippen molar-refractivity contribution >= 4 is 55.6 Å². The molecule has 0 unspecified atom stereocenters. The Hall–Kier alpha value is -8.12. The molecule has 76 heavy (non-hydrogen) atoms. The molecule has 0 atom stereocenters. The summed E-state index contributed by atoms with van der Waals surface area (Å²) in [6.45, 7) is 8.02. The first-order valence-corrected chi connectivity index (χ1v) is 23.8. The number of rotatable bonds is 4. The van der Waals surface area contributed by atoms with Crippen molar-refractivity contribution in [3.05, 3.63) is 295 Å². The van der Waals surface area contributed by atoms with Crippen LogP contribution in [0.15, 0.2) is 232 Å². The predicted octanol–water partition coefficient (Wildman–Crippen LogP) is 11.9. The first kappa shape index (κ1) is 55.6. The summed E-state index contributed by atoms with van der Waals surface area (Å²) < 4.78 is 4.00. The van der Waals surface area contributed by atoms with Crippen molar-refractivity contribution in [3.8, 4) is 0 Å². The van der Waals surface area contributed by atoms with Crippen molar-refractivity contribution < 1.29 is 40.2 Å². The Balaban J connectivity index is 0.000000132. The average molecular weight is 1350 g/mol. The van der Waals surface area contributed by atoms with Gasteiger partial charge in [0, 0.05) is 65.0 Å². The number of imidazole rings is 2. The van der Waals surface area contributed by atoms with E-state index in [0.29, 0.717) is 0 Å². The third-order valence-corrected chi connectivity index (χ3v) is 11.3. The Morgan fingerprint density at radius 2 is 0.632 bits per heavy atom. The maximum Gasteiger partial charge on any atom is 0.0603 e. The van der Waals surface area contributed by atoms with Gasteiger partial charge < -0.3 is 48.0 Å². The third kappa shape index (κ3) is 15.0. The van der Waals surface area contributed by atoms with Gasteiger partial charge in [-0.2, -0.15) is 148 Å². The number of nitrogens with zero attached hydrogens (tertiary/aromatic N) is 12. The van der Waals surface area contributed by atoms with Crippen molar-refractivity contribution in [1.82, 2.24) is 38.4 Å². The fraction of sp³-hybridized carbons (Fsp3) is 0.0645. The standard InChI is InChI=1S/2C11H7N2.4C10H10N2.2Ir/c2*1-2-4-10-9(3-1)5-7-13-8-6-12-11(10)13;4*1-11-7-8-12(9-11)10-5-3-2-4-6-10;;/h2*1-3,5-8H;4*2-5,7-9H,1H3;;/q2*-1;4*-2;;. The minimum absolute atomic E-state index is 0. The molecule has 14 rings (SSSR count). The molecular formula is C62H54Ir2N12-10. The molecular weight excluding hydrogens is 1300 g/mol. The molecule has 0 N–H and O–H groups in total. The Morgan fingerprint density at radius 3 is 0.895 bits per heavy atom. The number of pyridine rings is 2. The average Bonchev–Trinajstić information content (AvgIpc) is 4.35. The summed E-state index contributed by atoms with van der Waals surface area (Å²) >= 11 is 0. The maximum atomic E-state index is 4.28. The number of aromatic nitrogens is 4. The quantitative estimate of drug-likeness (QED) is 0.159. The second-order valence-electron chi connectivity index (χ2n) is 16.9. The smallest absolute Gasteiger partial charge is 0.0603 e. The van der Waals surface area contributed by atoms with Gasteiger partial charge in [0.2, 0.25) is 0 Å². The van der Waals surface area contributed by atoms with E-state index in [9.17, 15) is 0 Å². The zero-order chi connectivity index (χ0) is 50.9. The van der Waals surface area contributed by atoms with E-state index in [1.807, 2.05) is 299 Å². The molecule has 8 heterocycles. The van der Waals surface area contributed by atoms with E-state index in [1.165, 1.54) is 10.8 Å². The van der Waals surface area contributed by atoms with Crippen LogP contribution in [-0.2, 0) is 40.2 Å². The molecule has 4 aliphatic heterocycles. The van der Waals surface area contributed by atoms with Crippen molar-refractivity contribution in [3.63, 3.8) is 0 Å². The summed E-state index contributed by atoms with van der Waals surface area (Å²) in [4.78, 5) is 24.7. The summed E-state index contributed by atoms with van der Waals surface area (Å²) in [6.07, 6.45) is 27.5. The molecule has 0 amide bonds. The van der Waals surface area contributed by atoms with Crippen LogP contribution in [-0.4, -0.2) is 66.6 Å². The molecule has 0 saturated heterocycles. The van der Waals surface area contributed by atoms with Crippen LogP contribution in [0.3, 0.4) is 0 Å². The minimum atomic E-state index is 0. The Labute approximate surface area is 474 Å². The molecule has 0 spiro atoms. The molecule has 10 aromatic rings. The zero-order valence-corrected chi connectivity index (χ0v) is 47.1. The van der Waals surface area contributed by atoms with Gasteiger partial charge in [0.25, 0.3) is 0 Å². The first-order chi connectivity index (χ1) is 36.3. The summed E-state index contributed by atoms with van der Waals surface area (Å²) in [5.74, 6) is 0. The second-order valence-corrected chi connectivity index (χ2v) is 16.9. The molecule has 0 aliphatic carbocycles. The van der Waals surface area contributed by atoms with Crippen LogP contribution in [0.1, 0.15) is 0 Å². The normalized spacial score (nSPS) is 13.7. The van der Waals surface area contributed by atoms with E-state index < -0.39 is 0 Å². The van der Waals surface area contributed by atoms with Gasteiger partial charge in [0.15, 0.2) is 0 Å². The fourth-order valence-electron chi connectivity index (χ4n) is 7.69. The van der Waals surface area contributed by atoms with E-state index in [-0.39, 0.29) is 40.2 Å². The predicted molar refractivity (Wildman–Crippen MR) is 299 cm³/mol. The van der Waals surface area contributed by atoms with E-state index in [1.54, 1.807) is 12.4 Å². The summed E-state index contributed by atoms with van der Waals surface area (Å²) in [6, 6.07) is 66.7. The molecule has 2 radical (unpaired) electrons. The van der Waals surface area contributed by atoms with E-state index in [2.05, 4.69) is 70.6 Å². The van der Waals surface area contributed by atoms with Gasteiger partial charge >= 0.3 is 0 Å². The van der Waals surface area contributed by atoms with Gasteiger partial charge in [-0.15, -0.1) is 92.8 Å². The number of hydrogen-bond donors (Lipinski definition) is 0. The summed E-state index contributed by atoms with van der Waals surface area (Å²) in [5.41, 5.74) is 6.21. The minimum Gasteiger partial charge on any atom is -0.510 e. The largest absolute Gasteiger partial charge is 0.510 e. The van der Waals surface area contributed by atoms with Crippen LogP contribution < -0.4 is 19.6 Å². The van der Waals surface area contributed by atoms with Gasteiger partial charge in [-0.1, -0.05) is 12.1 Å². The molecule has 0 fully saturated rings. The van der Waals surface area contributed by atoms with Crippen molar-refractivity contribution in [2.45, 2.75) is 0 Å². The van der Waals surface area contributed by atoms with Crippen LogP contribution in [0.5, 0.6) is 0 Å². The van der Waals surface area contributed by atoms with Crippen LogP contribution in [0, 0.1) is 63.1 Å². The first-order valence-electron chi connectivity index (χ1n) is 23.8. The van der Waals surface area contributed by atoms with Crippen molar-refractivity contribution in [2.24, 2.45) is 0 Å². The second kappa shape index (κ2) is 28.0. The van der Waals surface area contributed by atoms with Crippen LogP contribution in [0.2, 0.25) is 0 Å². The van der Waals surface area contributed by atoms with Crippen LogP contribution in [0.4, 0.5) is 22.7 Å². The molecule has 14 heteroatoms. The van der Waals surface area contributed by atoms with Gasteiger partial charge in [-0.3, -0.25) is 9.97 Å². The van der Waals surface area contributed by atoms with Crippen LogP contribution >= 0.6 is 0 Å². The van der Waals surface area contributed by atoms with E-state index in [4.69, 9.17) is 0 Å². The number of hydrogen-bond acceptors (Lipinski definition) is 10. The van der Waals surface area contributed by atoms with E-state index >= 15 is 0 Å². The SMILES string of the molecule is CN1C=CN(c2[c-]cccc2)[CH-]1.CN1C=CN(c2[c-]cccc2)[CH-]1.CN1C=CN(c2[c-]cccc2)[CH-]1.CN1C=CN(c2[c-]cccc2)[CH-]1.[Ir].[Ir].[c-]1cccc2ccn3ccnc3c12.[c-]1cccc2ccn3ccnc3c12. The van der Waals surface area contributed by atoms with Gasteiger partial charge in [0.05, 0.1) is 11.3 Å². The number of fused-ring (bicyclic) bond motifs is 6. The molecule has 0 bridgehead atoms. The molecule has 4 aliphatic rings. The Bertz CT molecular complexity index is 3070.